The van der Waals surface area contributed by atoms with Gasteiger partial charge in [-0.05, 0) is 26.2 Å². The van der Waals surface area contributed by atoms with Crippen LogP contribution in [0.1, 0.15) is 32.6 Å². The van der Waals surface area contributed by atoms with Gasteiger partial charge in [-0.3, -0.25) is 9.59 Å². The minimum atomic E-state index is -0.143. The third-order valence-corrected chi connectivity index (χ3v) is 2.88. The van der Waals surface area contributed by atoms with Crippen LogP contribution in [0.4, 0.5) is 0 Å². The molecule has 2 atom stereocenters. The van der Waals surface area contributed by atoms with E-state index >= 15 is 0 Å². The number of rotatable bonds is 4. The zero-order valence-electron chi connectivity index (χ0n) is 9.79. The number of likely N-dealkylation sites (N-methyl/N-ethyl adjacent to an activating group) is 1. The Balaban J connectivity index is 2.26. The maximum absolute atomic E-state index is 11.7. The van der Waals surface area contributed by atoms with Crippen LogP contribution in [0.25, 0.3) is 0 Å². The number of nitrogens with one attached hydrogen (secondary N) is 2. The molecule has 0 aliphatic heterocycles. The summed E-state index contributed by atoms with van der Waals surface area (Å²) in [6.07, 6.45) is 3.62. The molecule has 1 aliphatic carbocycles. The summed E-state index contributed by atoms with van der Waals surface area (Å²) in [7, 11) is 0. The highest BCUT2D eigenvalue weighted by Gasteiger charge is 2.25. The quantitative estimate of drug-likeness (QED) is 0.619. The van der Waals surface area contributed by atoms with Crippen molar-refractivity contribution in [3.05, 3.63) is 0 Å². The van der Waals surface area contributed by atoms with Gasteiger partial charge in [-0.2, -0.15) is 0 Å². The van der Waals surface area contributed by atoms with E-state index in [-0.39, 0.29) is 30.3 Å². The highest BCUT2D eigenvalue weighted by atomic mass is 16.2. The monoisotopic (exact) mass is 227 g/mol. The van der Waals surface area contributed by atoms with Crippen LogP contribution in [0, 0.1) is 5.92 Å². The molecule has 5 nitrogen and oxygen atoms in total. The lowest BCUT2D eigenvalue weighted by Crippen LogP contribution is -2.42. The van der Waals surface area contributed by atoms with Crippen molar-refractivity contribution < 1.29 is 9.59 Å². The average Bonchev–Trinajstić information content (AvgIpc) is 2.26. The largest absolute Gasteiger partial charge is 0.355 e. The van der Waals surface area contributed by atoms with E-state index in [4.69, 9.17) is 5.73 Å². The minimum Gasteiger partial charge on any atom is -0.355 e. The lowest BCUT2D eigenvalue weighted by atomic mass is 9.85. The molecule has 0 aromatic carbocycles. The Labute approximate surface area is 96.1 Å². The van der Waals surface area contributed by atoms with Crippen LogP contribution in [-0.2, 0) is 9.59 Å². The van der Waals surface area contributed by atoms with Gasteiger partial charge in [-0.15, -0.1) is 0 Å². The van der Waals surface area contributed by atoms with E-state index in [9.17, 15) is 9.59 Å². The lowest BCUT2D eigenvalue weighted by Gasteiger charge is -2.25. The predicted molar refractivity (Wildman–Crippen MR) is 61.6 cm³/mol. The maximum Gasteiger partial charge on any atom is 0.239 e. The van der Waals surface area contributed by atoms with Crippen LogP contribution in [0.2, 0.25) is 0 Å². The van der Waals surface area contributed by atoms with E-state index in [1.165, 1.54) is 0 Å². The van der Waals surface area contributed by atoms with Crippen molar-refractivity contribution in [3.63, 3.8) is 0 Å². The molecule has 1 saturated carbocycles. The summed E-state index contributed by atoms with van der Waals surface area (Å²) in [6.45, 7) is 2.50. The fraction of sp³-hybridized carbons (Fsp3) is 0.818. The van der Waals surface area contributed by atoms with Gasteiger partial charge in [-0.1, -0.05) is 6.42 Å². The maximum atomic E-state index is 11.7. The van der Waals surface area contributed by atoms with Gasteiger partial charge in [-0.25, -0.2) is 0 Å². The van der Waals surface area contributed by atoms with Crippen molar-refractivity contribution in [1.82, 2.24) is 10.6 Å². The Hall–Kier alpha value is -1.10. The van der Waals surface area contributed by atoms with Gasteiger partial charge in [0.2, 0.25) is 11.8 Å². The number of hydrogen-bond donors (Lipinski definition) is 3. The van der Waals surface area contributed by atoms with Crippen molar-refractivity contribution in [2.45, 2.75) is 38.6 Å². The first kappa shape index (κ1) is 13.0. The number of amides is 2. The SMILES string of the molecule is CCNC(=O)CNC(=O)C1CCCC(N)C1. The van der Waals surface area contributed by atoms with Crippen LogP contribution >= 0.6 is 0 Å². The summed E-state index contributed by atoms with van der Waals surface area (Å²) >= 11 is 0. The highest BCUT2D eigenvalue weighted by Crippen LogP contribution is 2.22. The zero-order chi connectivity index (χ0) is 12.0. The Morgan fingerprint density at radius 1 is 1.31 bits per heavy atom. The number of nitrogens with two attached hydrogens (primary N) is 1. The van der Waals surface area contributed by atoms with Gasteiger partial charge in [0, 0.05) is 18.5 Å². The zero-order valence-corrected chi connectivity index (χ0v) is 9.79. The smallest absolute Gasteiger partial charge is 0.239 e. The van der Waals surface area contributed by atoms with Crippen LogP contribution in [0.5, 0.6) is 0 Å². The van der Waals surface area contributed by atoms with Crippen molar-refractivity contribution >= 4 is 11.8 Å². The van der Waals surface area contributed by atoms with E-state index in [0.29, 0.717) is 6.54 Å². The van der Waals surface area contributed by atoms with Gasteiger partial charge < -0.3 is 16.4 Å². The second kappa shape index (κ2) is 6.48. The molecule has 0 radical (unpaired) electrons. The fourth-order valence-corrected chi connectivity index (χ4v) is 2.04. The van der Waals surface area contributed by atoms with E-state index < -0.39 is 0 Å². The first-order chi connectivity index (χ1) is 7.63. The fourth-order valence-electron chi connectivity index (χ4n) is 2.04. The summed E-state index contributed by atoms with van der Waals surface area (Å²) in [5.41, 5.74) is 5.81. The normalized spacial score (nSPS) is 24.9. The van der Waals surface area contributed by atoms with Crippen molar-refractivity contribution in [1.29, 1.82) is 0 Å². The molecule has 16 heavy (non-hydrogen) atoms. The first-order valence-corrected chi connectivity index (χ1v) is 5.93. The molecule has 0 spiro atoms. The molecule has 0 aromatic heterocycles. The van der Waals surface area contributed by atoms with Gasteiger partial charge >= 0.3 is 0 Å². The molecule has 0 heterocycles. The van der Waals surface area contributed by atoms with Crippen LogP contribution in [0.3, 0.4) is 0 Å². The van der Waals surface area contributed by atoms with Crippen LogP contribution < -0.4 is 16.4 Å². The summed E-state index contributed by atoms with van der Waals surface area (Å²) in [5.74, 6) is -0.199. The molecular weight excluding hydrogens is 206 g/mol. The lowest BCUT2D eigenvalue weighted by molar-refractivity contribution is -0.129. The molecule has 2 amide bonds. The third kappa shape index (κ3) is 4.18. The molecule has 92 valence electrons. The van der Waals surface area contributed by atoms with Crippen LogP contribution in [-0.4, -0.2) is 30.9 Å². The van der Waals surface area contributed by atoms with Crippen molar-refractivity contribution in [2.75, 3.05) is 13.1 Å². The summed E-state index contributed by atoms with van der Waals surface area (Å²) in [4.78, 5) is 22.8. The summed E-state index contributed by atoms with van der Waals surface area (Å²) in [5, 5.41) is 5.29. The van der Waals surface area contributed by atoms with Crippen molar-refractivity contribution in [2.24, 2.45) is 11.7 Å². The molecule has 1 fully saturated rings. The molecule has 0 saturated heterocycles. The number of hydrogen-bond acceptors (Lipinski definition) is 3. The molecule has 0 bridgehead atoms. The highest BCUT2D eigenvalue weighted by molar-refractivity contribution is 5.85. The van der Waals surface area contributed by atoms with Crippen LogP contribution in [0.15, 0.2) is 0 Å². The molecular formula is C11H21N3O2. The Morgan fingerprint density at radius 2 is 2.06 bits per heavy atom. The topological polar surface area (TPSA) is 84.2 Å². The Bertz CT molecular complexity index is 256. The Kier molecular flexibility index (Phi) is 5.25. The molecule has 0 aromatic rings. The third-order valence-electron chi connectivity index (χ3n) is 2.88. The van der Waals surface area contributed by atoms with Gasteiger partial charge in [0.05, 0.1) is 6.54 Å². The van der Waals surface area contributed by atoms with Crippen molar-refractivity contribution in [3.8, 4) is 0 Å². The second-order valence-electron chi connectivity index (χ2n) is 4.29. The minimum absolute atomic E-state index is 0.0156. The number of carbonyl (C=O) groups is 2. The molecule has 5 heteroatoms. The van der Waals surface area contributed by atoms with E-state index in [2.05, 4.69) is 10.6 Å². The summed E-state index contributed by atoms with van der Waals surface area (Å²) < 4.78 is 0. The molecule has 4 N–H and O–H groups in total. The van der Waals surface area contributed by atoms with Gasteiger partial charge in [0.1, 0.15) is 0 Å². The standard InChI is InChI=1S/C11H21N3O2/c1-2-13-10(15)7-14-11(16)8-4-3-5-9(12)6-8/h8-9H,2-7,12H2,1H3,(H,13,15)(H,14,16). The van der Waals surface area contributed by atoms with Gasteiger partial charge in [0.25, 0.3) is 0 Å². The van der Waals surface area contributed by atoms with E-state index in [1.54, 1.807) is 0 Å². The number of carbonyl (C=O) groups excluding carboxylic acids is 2. The predicted octanol–water partition coefficient (Wildman–Crippen LogP) is -0.244. The van der Waals surface area contributed by atoms with E-state index in [1.807, 2.05) is 6.92 Å². The second-order valence-corrected chi connectivity index (χ2v) is 4.29. The molecule has 1 rings (SSSR count). The van der Waals surface area contributed by atoms with Gasteiger partial charge in [0.15, 0.2) is 0 Å². The first-order valence-electron chi connectivity index (χ1n) is 5.93. The average molecular weight is 227 g/mol. The molecule has 2 unspecified atom stereocenters. The van der Waals surface area contributed by atoms with E-state index in [0.717, 1.165) is 25.7 Å². The molecule has 1 aliphatic rings. The summed E-state index contributed by atoms with van der Waals surface area (Å²) in [6, 6.07) is 0.133. The Morgan fingerprint density at radius 3 is 2.69 bits per heavy atom.